The zero-order valence-corrected chi connectivity index (χ0v) is 30.1. The summed E-state index contributed by atoms with van der Waals surface area (Å²) >= 11 is 0. The molecule has 5 nitrogen and oxygen atoms in total. The van der Waals surface area contributed by atoms with Crippen molar-refractivity contribution in [2.24, 2.45) is 0 Å². The SMILES string of the molecule is c1ccc(-c2cc(-c3ccccc3)c3oc4c(-c5nc(-c6ccccc6)nc(-c6ccccc6)n5)ccc(-c5cccc6oc7ccccc7c56)c4c3c2)cc1. The highest BCUT2D eigenvalue weighted by Crippen LogP contribution is 2.48. The monoisotopic (exact) mass is 717 g/mol. The van der Waals surface area contributed by atoms with Gasteiger partial charge >= 0.3 is 0 Å². The van der Waals surface area contributed by atoms with Crippen LogP contribution in [0, 0.1) is 0 Å². The molecule has 0 radical (unpaired) electrons. The van der Waals surface area contributed by atoms with Gasteiger partial charge in [-0.3, -0.25) is 0 Å². The van der Waals surface area contributed by atoms with Crippen LogP contribution in [0.5, 0.6) is 0 Å². The van der Waals surface area contributed by atoms with Gasteiger partial charge in [-0.1, -0.05) is 158 Å². The molecule has 0 N–H and O–H groups in total. The maximum Gasteiger partial charge on any atom is 0.167 e. The molecule has 0 saturated carbocycles. The highest BCUT2D eigenvalue weighted by molar-refractivity contribution is 6.23. The minimum atomic E-state index is 0.532. The highest BCUT2D eigenvalue weighted by Gasteiger charge is 2.25. The molecule has 0 atom stereocenters. The molecule has 262 valence electrons. The van der Waals surface area contributed by atoms with Crippen LogP contribution in [0.4, 0.5) is 0 Å². The third-order valence-corrected chi connectivity index (χ3v) is 10.5. The van der Waals surface area contributed by atoms with Crippen molar-refractivity contribution < 1.29 is 8.83 Å². The number of para-hydroxylation sites is 1. The minimum absolute atomic E-state index is 0.532. The van der Waals surface area contributed by atoms with Gasteiger partial charge in [-0.2, -0.15) is 0 Å². The predicted molar refractivity (Wildman–Crippen MR) is 227 cm³/mol. The molecule has 0 spiro atoms. The van der Waals surface area contributed by atoms with Gasteiger partial charge in [-0.25, -0.2) is 15.0 Å². The molecule has 0 amide bonds. The Labute approximate surface area is 322 Å². The van der Waals surface area contributed by atoms with E-state index in [0.717, 1.165) is 88.4 Å². The Morgan fingerprint density at radius 2 is 0.821 bits per heavy atom. The predicted octanol–water partition coefficient (Wildman–Crippen LogP) is 13.7. The van der Waals surface area contributed by atoms with Crippen molar-refractivity contribution in [2.45, 2.75) is 0 Å². The molecular weight excluding hydrogens is 687 g/mol. The Morgan fingerprint density at radius 1 is 0.286 bits per heavy atom. The Morgan fingerprint density at radius 3 is 1.50 bits per heavy atom. The van der Waals surface area contributed by atoms with Gasteiger partial charge in [0, 0.05) is 38.2 Å². The number of rotatable bonds is 6. The van der Waals surface area contributed by atoms with Crippen LogP contribution in [0.2, 0.25) is 0 Å². The zero-order chi connectivity index (χ0) is 37.0. The molecule has 0 aliphatic carbocycles. The van der Waals surface area contributed by atoms with Crippen molar-refractivity contribution in [3.63, 3.8) is 0 Å². The van der Waals surface area contributed by atoms with Gasteiger partial charge in [0.05, 0.1) is 5.56 Å². The lowest BCUT2D eigenvalue weighted by Crippen LogP contribution is -2.00. The summed E-state index contributed by atoms with van der Waals surface area (Å²) in [6, 6.07) is 64.4. The second-order valence-corrected chi connectivity index (χ2v) is 13.9. The van der Waals surface area contributed by atoms with E-state index in [-0.39, 0.29) is 0 Å². The fourth-order valence-corrected chi connectivity index (χ4v) is 7.94. The molecule has 5 heteroatoms. The Kier molecular flexibility index (Phi) is 7.42. The van der Waals surface area contributed by atoms with Crippen molar-refractivity contribution >= 4 is 43.9 Å². The summed E-state index contributed by atoms with van der Waals surface area (Å²) in [5.41, 5.74) is 12.2. The first kappa shape index (κ1) is 31.9. The number of furan rings is 2. The van der Waals surface area contributed by atoms with E-state index < -0.39 is 0 Å². The van der Waals surface area contributed by atoms with Crippen LogP contribution in [0.1, 0.15) is 0 Å². The van der Waals surface area contributed by atoms with Crippen LogP contribution in [-0.4, -0.2) is 15.0 Å². The molecule has 11 rings (SSSR count). The quantitative estimate of drug-likeness (QED) is 0.171. The average molecular weight is 718 g/mol. The number of hydrogen-bond acceptors (Lipinski definition) is 5. The first-order chi connectivity index (χ1) is 27.8. The largest absolute Gasteiger partial charge is 0.456 e. The Bertz CT molecular complexity index is 3170. The molecule has 11 aromatic rings. The van der Waals surface area contributed by atoms with Crippen molar-refractivity contribution in [3.8, 4) is 67.5 Å². The van der Waals surface area contributed by atoms with E-state index >= 15 is 0 Å². The van der Waals surface area contributed by atoms with Crippen LogP contribution < -0.4 is 0 Å². The van der Waals surface area contributed by atoms with Crippen molar-refractivity contribution in [1.29, 1.82) is 0 Å². The van der Waals surface area contributed by atoms with Gasteiger partial charge in [-0.05, 0) is 58.1 Å². The lowest BCUT2D eigenvalue weighted by Gasteiger charge is -2.11. The summed E-state index contributed by atoms with van der Waals surface area (Å²) in [5, 5.41) is 4.11. The van der Waals surface area contributed by atoms with Crippen molar-refractivity contribution in [2.75, 3.05) is 0 Å². The van der Waals surface area contributed by atoms with Crippen LogP contribution >= 0.6 is 0 Å². The van der Waals surface area contributed by atoms with E-state index in [1.807, 2.05) is 84.9 Å². The third kappa shape index (κ3) is 5.29. The smallest absolute Gasteiger partial charge is 0.167 e. The molecule has 56 heavy (non-hydrogen) atoms. The van der Waals surface area contributed by atoms with E-state index in [0.29, 0.717) is 23.1 Å². The molecule has 0 bridgehead atoms. The van der Waals surface area contributed by atoms with Crippen LogP contribution in [-0.2, 0) is 0 Å². The lowest BCUT2D eigenvalue weighted by atomic mass is 9.91. The van der Waals surface area contributed by atoms with Gasteiger partial charge < -0.3 is 8.83 Å². The standard InChI is InChI=1S/C51H31N3O2/c1-5-16-32(17-6-1)36-30-41(33-18-7-2-8-19-33)47-42(31-36)46-38(37-25-15-27-44-45(37)39-24-13-14-26-43(39)55-44)28-29-40(48(46)56-47)51-53-49(34-20-9-3-10-21-34)52-50(54-51)35-22-11-4-12-23-35/h1-31H. The molecule has 0 aliphatic rings. The summed E-state index contributed by atoms with van der Waals surface area (Å²) in [5.74, 6) is 1.72. The highest BCUT2D eigenvalue weighted by atomic mass is 16.3. The topological polar surface area (TPSA) is 65.0 Å². The maximum atomic E-state index is 7.22. The van der Waals surface area contributed by atoms with E-state index in [1.54, 1.807) is 0 Å². The third-order valence-electron chi connectivity index (χ3n) is 10.5. The van der Waals surface area contributed by atoms with Crippen LogP contribution in [0.3, 0.4) is 0 Å². The van der Waals surface area contributed by atoms with E-state index in [2.05, 4.69) is 103 Å². The first-order valence-corrected chi connectivity index (χ1v) is 18.7. The normalized spacial score (nSPS) is 11.6. The van der Waals surface area contributed by atoms with Crippen molar-refractivity contribution in [3.05, 3.63) is 188 Å². The van der Waals surface area contributed by atoms with Gasteiger partial charge in [0.1, 0.15) is 22.3 Å². The van der Waals surface area contributed by atoms with E-state index in [1.165, 1.54) is 0 Å². The summed E-state index contributed by atoms with van der Waals surface area (Å²) in [6.07, 6.45) is 0. The van der Waals surface area contributed by atoms with Gasteiger partial charge in [-0.15, -0.1) is 0 Å². The maximum absolute atomic E-state index is 7.22. The molecule has 0 unspecified atom stereocenters. The molecule has 8 aromatic carbocycles. The second-order valence-electron chi connectivity index (χ2n) is 13.9. The molecule has 0 saturated heterocycles. The van der Waals surface area contributed by atoms with E-state index in [9.17, 15) is 0 Å². The number of benzene rings is 8. The number of aromatic nitrogens is 3. The fraction of sp³-hybridized carbons (Fsp3) is 0. The lowest BCUT2D eigenvalue weighted by molar-refractivity contribution is 0.669. The van der Waals surface area contributed by atoms with Gasteiger partial charge in [0.15, 0.2) is 17.5 Å². The minimum Gasteiger partial charge on any atom is -0.456 e. The molecule has 3 aromatic heterocycles. The summed E-state index contributed by atoms with van der Waals surface area (Å²) in [7, 11) is 0. The van der Waals surface area contributed by atoms with Gasteiger partial charge in [0.2, 0.25) is 0 Å². The molecule has 0 aliphatic heterocycles. The van der Waals surface area contributed by atoms with Crippen LogP contribution in [0.25, 0.3) is 111 Å². The second kappa shape index (κ2) is 13.0. The molecule has 3 heterocycles. The van der Waals surface area contributed by atoms with Gasteiger partial charge in [0.25, 0.3) is 0 Å². The summed E-state index contributed by atoms with van der Waals surface area (Å²) < 4.78 is 13.6. The number of nitrogens with zero attached hydrogens (tertiary/aromatic N) is 3. The first-order valence-electron chi connectivity index (χ1n) is 18.7. The van der Waals surface area contributed by atoms with Crippen LogP contribution in [0.15, 0.2) is 197 Å². The average Bonchev–Trinajstić information content (AvgIpc) is 3.86. The molecular formula is C51H31N3O2. The Balaban J connectivity index is 1.28. The fourth-order valence-electron chi connectivity index (χ4n) is 7.94. The van der Waals surface area contributed by atoms with Crippen molar-refractivity contribution in [1.82, 2.24) is 15.0 Å². The summed E-state index contributed by atoms with van der Waals surface area (Å²) in [4.78, 5) is 15.3. The number of hydrogen-bond donors (Lipinski definition) is 0. The Hall–Kier alpha value is -7.63. The summed E-state index contributed by atoms with van der Waals surface area (Å²) in [6.45, 7) is 0. The molecule has 0 fully saturated rings. The van der Waals surface area contributed by atoms with E-state index in [4.69, 9.17) is 23.8 Å². The number of fused-ring (bicyclic) bond motifs is 6. The zero-order valence-electron chi connectivity index (χ0n) is 30.1.